The highest BCUT2D eigenvalue weighted by Gasteiger charge is 2.28. The van der Waals surface area contributed by atoms with E-state index >= 15 is 0 Å². The maximum Gasteiger partial charge on any atom is 0.309 e. The van der Waals surface area contributed by atoms with Gasteiger partial charge >= 0.3 is 5.97 Å². The number of benzene rings is 2. The molecule has 6 nitrogen and oxygen atoms in total. The molecule has 3 rings (SSSR count). The van der Waals surface area contributed by atoms with Crippen LogP contribution in [0.3, 0.4) is 0 Å². The second-order valence-corrected chi connectivity index (χ2v) is 7.44. The van der Waals surface area contributed by atoms with E-state index in [4.69, 9.17) is 16.3 Å². The summed E-state index contributed by atoms with van der Waals surface area (Å²) in [5.41, 5.74) is 1.07. The van der Waals surface area contributed by atoms with Crippen LogP contribution in [0, 0.1) is 0 Å². The fourth-order valence-corrected chi connectivity index (χ4v) is 3.05. The Kier molecular flexibility index (Phi) is 6.88. The Bertz CT molecular complexity index is 883. The standard InChI is InChI=1S/C22H23ClN2O4/c1-14(21(27)24-16-11-12-16)29-20(26)13-19(15-7-3-2-4-8-15)25-22(28)17-9-5-6-10-18(17)23/h2-10,14,16,19H,11-13H2,1H3,(H,24,27)(H,25,28)/t14-,19-/m1/s1. The minimum Gasteiger partial charge on any atom is -0.452 e. The minimum absolute atomic E-state index is 0.110. The van der Waals surface area contributed by atoms with Gasteiger partial charge in [0.1, 0.15) is 0 Å². The molecule has 0 unspecified atom stereocenters. The first-order valence-electron chi connectivity index (χ1n) is 9.54. The van der Waals surface area contributed by atoms with E-state index in [2.05, 4.69) is 10.6 Å². The third-order valence-corrected chi connectivity index (χ3v) is 4.93. The van der Waals surface area contributed by atoms with Crippen LogP contribution in [0.25, 0.3) is 0 Å². The van der Waals surface area contributed by atoms with Gasteiger partial charge in [0.25, 0.3) is 11.8 Å². The topological polar surface area (TPSA) is 84.5 Å². The number of nitrogens with one attached hydrogen (secondary N) is 2. The highest BCUT2D eigenvalue weighted by molar-refractivity contribution is 6.33. The van der Waals surface area contributed by atoms with Gasteiger partial charge in [0.05, 0.1) is 23.0 Å². The van der Waals surface area contributed by atoms with E-state index in [1.54, 1.807) is 24.3 Å². The lowest BCUT2D eigenvalue weighted by molar-refractivity contribution is -0.155. The van der Waals surface area contributed by atoms with Crippen molar-refractivity contribution in [2.24, 2.45) is 0 Å². The maximum atomic E-state index is 12.7. The van der Waals surface area contributed by atoms with Gasteiger partial charge in [-0.3, -0.25) is 14.4 Å². The lowest BCUT2D eigenvalue weighted by Gasteiger charge is -2.20. The van der Waals surface area contributed by atoms with Crippen molar-refractivity contribution in [2.75, 3.05) is 0 Å². The molecule has 1 aliphatic rings. The van der Waals surface area contributed by atoms with E-state index in [-0.39, 0.29) is 18.4 Å². The van der Waals surface area contributed by atoms with Crippen LogP contribution in [-0.2, 0) is 14.3 Å². The molecule has 29 heavy (non-hydrogen) atoms. The zero-order valence-corrected chi connectivity index (χ0v) is 16.8. The molecule has 0 aromatic heterocycles. The van der Waals surface area contributed by atoms with Crippen LogP contribution in [0.2, 0.25) is 5.02 Å². The molecule has 2 amide bonds. The first-order valence-corrected chi connectivity index (χ1v) is 9.92. The van der Waals surface area contributed by atoms with Gasteiger partial charge in [-0.1, -0.05) is 54.1 Å². The maximum absolute atomic E-state index is 12.7. The van der Waals surface area contributed by atoms with E-state index in [0.29, 0.717) is 10.6 Å². The summed E-state index contributed by atoms with van der Waals surface area (Å²) >= 11 is 6.11. The second-order valence-electron chi connectivity index (χ2n) is 7.04. The van der Waals surface area contributed by atoms with Crippen LogP contribution in [0.15, 0.2) is 54.6 Å². The summed E-state index contributed by atoms with van der Waals surface area (Å²) in [7, 11) is 0. The molecule has 0 heterocycles. The van der Waals surface area contributed by atoms with Gasteiger partial charge in [-0.15, -0.1) is 0 Å². The Labute approximate surface area is 174 Å². The number of carbonyl (C=O) groups excluding carboxylic acids is 3. The quantitative estimate of drug-likeness (QED) is 0.648. The molecular formula is C22H23ClN2O4. The number of hydrogen-bond donors (Lipinski definition) is 2. The summed E-state index contributed by atoms with van der Waals surface area (Å²) in [5.74, 6) is -1.27. The predicted molar refractivity (Wildman–Crippen MR) is 109 cm³/mol. The Morgan fingerprint density at radius 2 is 1.72 bits per heavy atom. The molecule has 1 aliphatic carbocycles. The molecule has 0 spiro atoms. The van der Waals surface area contributed by atoms with Crippen molar-refractivity contribution in [3.05, 3.63) is 70.7 Å². The lowest BCUT2D eigenvalue weighted by Crippen LogP contribution is -2.38. The Hall–Kier alpha value is -2.86. The van der Waals surface area contributed by atoms with E-state index in [9.17, 15) is 14.4 Å². The van der Waals surface area contributed by atoms with Crippen molar-refractivity contribution in [1.29, 1.82) is 0 Å². The number of hydrogen-bond acceptors (Lipinski definition) is 4. The molecule has 2 aromatic carbocycles. The molecule has 0 radical (unpaired) electrons. The normalized spacial score (nSPS) is 15.1. The summed E-state index contributed by atoms with van der Waals surface area (Å²) in [6, 6.07) is 15.4. The summed E-state index contributed by atoms with van der Waals surface area (Å²) in [6.07, 6.45) is 0.910. The fourth-order valence-electron chi connectivity index (χ4n) is 2.83. The van der Waals surface area contributed by atoms with Crippen molar-refractivity contribution in [3.63, 3.8) is 0 Å². The molecule has 2 aromatic rings. The largest absolute Gasteiger partial charge is 0.452 e. The van der Waals surface area contributed by atoms with Crippen LogP contribution in [0.4, 0.5) is 0 Å². The molecule has 0 aliphatic heterocycles. The summed E-state index contributed by atoms with van der Waals surface area (Å²) in [4.78, 5) is 37.1. The van der Waals surface area contributed by atoms with E-state index in [0.717, 1.165) is 18.4 Å². The van der Waals surface area contributed by atoms with Crippen molar-refractivity contribution >= 4 is 29.4 Å². The molecule has 0 saturated heterocycles. The number of ether oxygens (including phenoxy) is 1. The zero-order chi connectivity index (χ0) is 20.8. The van der Waals surface area contributed by atoms with Gasteiger partial charge in [-0.05, 0) is 37.5 Å². The third-order valence-electron chi connectivity index (χ3n) is 4.60. The minimum atomic E-state index is -0.890. The van der Waals surface area contributed by atoms with Gasteiger partial charge in [0.15, 0.2) is 6.10 Å². The zero-order valence-electron chi connectivity index (χ0n) is 16.1. The smallest absolute Gasteiger partial charge is 0.309 e. The average Bonchev–Trinajstić information content (AvgIpc) is 3.52. The average molecular weight is 415 g/mol. The van der Waals surface area contributed by atoms with E-state index in [1.165, 1.54) is 6.92 Å². The molecule has 7 heteroatoms. The number of rotatable bonds is 8. The monoisotopic (exact) mass is 414 g/mol. The Balaban J connectivity index is 1.67. The second kappa shape index (κ2) is 9.56. The Morgan fingerprint density at radius 1 is 1.07 bits per heavy atom. The SMILES string of the molecule is C[C@@H](OC(=O)C[C@@H](NC(=O)c1ccccc1Cl)c1ccccc1)C(=O)NC1CC1. The summed E-state index contributed by atoms with van der Waals surface area (Å²) < 4.78 is 5.28. The predicted octanol–water partition coefficient (Wildman–Crippen LogP) is 3.41. The number of carbonyl (C=O) groups is 3. The Morgan fingerprint density at radius 3 is 2.38 bits per heavy atom. The summed E-state index contributed by atoms with van der Waals surface area (Å²) in [5, 5.41) is 5.97. The van der Waals surface area contributed by atoms with Crippen molar-refractivity contribution in [3.8, 4) is 0 Å². The van der Waals surface area contributed by atoms with Crippen LogP contribution in [0.1, 0.15) is 48.1 Å². The van der Waals surface area contributed by atoms with Gasteiger partial charge in [-0.2, -0.15) is 0 Å². The molecule has 0 bridgehead atoms. The number of amides is 2. The van der Waals surface area contributed by atoms with Crippen LogP contribution >= 0.6 is 11.6 Å². The number of halogens is 1. The van der Waals surface area contributed by atoms with Crippen molar-refractivity contribution < 1.29 is 19.1 Å². The molecule has 2 N–H and O–H groups in total. The number of esters is 1. The van der Waals surface area contributed by atoms with E-state index in [1.807, 2.05) is 30.3 Å². The fraction of sp³-hybridized carbons (Fsp3) is 0.318. The third kappa shape index (κ3) is 6.06. The van der Waals surface area contributed by atoms with Gasteiger partial charge < -0.3 is 15.4 Å². The lowest BCUT2D eigenvalue weighted by atomic mass is 10.0. The van der Waals surface area contributed by atoms with Crippen molar-refractivity contribution in [1.82, 2.24) is 10.6 Å². The van der Waals surface area contributed by atoms with Crippen LogP contribution in [0.5, 0.6) is 0 Å². The van der Waals surface area contributed by atoms with Crippen molar-refractivity contribution in [2.45, 2.75) is 44.4 Å². The molecule has 152 valence electrons. The van der Waals surface area contributed by atoms with Crippen LogP contribution < -0.4 is 10.6 Å². The van der Waals surface area contributed by atoms with E-state index < -0.39 is 24.0 Å². The molecule has 2 atom stereocenters. The first kappa shape index (κ1) is 20.9. The molecule has 1 saturated carbocycles. The molecular weight excluding hydrogens is 392 g/mol. The summed E-state index contributed by atoms with van der Waals surface area (Å²) in [6.45, 7) is 1.54. The molecule has 1 fully saturated rings. The van der Waals surface area contributed by atoms with Gasteiger partial charge in [0, 0.05) is 6.04 Å². The van der Waals surface area contributed by atoms with Gasteiger partial charge in [-0.25, -0.2) is 0 Å². The van der Waals surface area contributed by atoms with Gasteiger partial charge in [0.2, 0.25) is 0 Å². The first-order chi connectivity index (χ1) is 13.9. The van der Waals surface area contributed by atoms with Crippen LogP contribution in [-0.4, -0.2) is 29.9 Å². The highest BCUT2D eigenvalue weighted by atomic mass is 35.5. The highest BCUT2D eigenvalue weighted by Crippen LogP contribution is 2.22.